The van der Waals surface area contributed by atoms with Crippen LogP contribution in [0.15, 0.2) is 29.3 Å². The molecule has 0 aromatic heterocycles. The van der Waals surface area contributed by atoms with Crippen molar-refractivity contribution in [2.75, 3.05) is 13.2 Å². The van der Waals surface area contributed by atoms with E-state index in [2.05, 4.69) is 4.99 Å². The average molecular weight is 287 g/mol. The van der Waals surface area contributed by atoms with Crippen LogP contribution in [0.25, 0.3) is 0 Å². The van der Waals surface area contributed by atoms with Crippen LogP contribution >= 0.6 is 0 Å². The minimum absolute atomic E-state index is 0.248. The van der Waals surface area contributed by atoms with Crippen LogP contribution in [0.5, 0.6) is 5.75 Å². The van der Waals surface area contributed by atoms with Gasteiger partial charge in [0.2, 0.25) is 6.08 Å². The Balaban J connectivity index is 1.72. The third-order valence-electron chi connectivity index (χ3n) is 4.55. The molecule has 1 heterocycles. The molecule has 1 aliphatic carbocycles. The van der Waals surface area contributed by atoms with E-state index in [9.17, 15) is 4.79 Å². The van der Waals surface area contributed by atoms with E-state index in [-0.39, 0.29) is 11.6 Å². The number of nitrogens with zero attached hydrogens (tertiary/aromatic N) is 1. The van der Waals surface area contributed by atoms with Crippen molar-refractivity contribution in [3.63, 3.8) is 0 Å². The molecular weight excluding hydrogens is 266 g/mol. The Morgan fingerprint density at radius 1 is 1.14 bits per heavy atom. The van der Waals surface area contributed by atoms with Gasteiger partial charge in [0.1, 0.15) is 11.9 Å². The Hall–Kier alpha value is -1.64. The van der Waals surface area contributed by atoms with E-state index in [1.807, 2.05) is 24.3 Å². The third-order valence-corrected chi connectivity index (χ3v) is 4.55. The Morgan fingerprint density at radius 2 is 1.81 bits per heavy atom. The zero-order chi connectivity index (χ0) is 14.5. The minimum atomic E-state index is -0.348. The van der Waals surface area contributed by atoms with Gasteiger partial charge in [0.15, 0.2) is 0 Å². The standard InChI is InChI=1S/C17H21NO3/c19-13-18-17(9-1-2-10-17)14-3-5-15(6-4-14)21-16-7-11-20-12-8-16/h3-6,16H,1-2,7-12H2. The molecule has 0 unspecified atom stereocenters. The van der Waals surface area contributed by atoms with Gasteiger partial charge in [-0.2, -0.15) is 4.99 Å². The highest BCUT2D eigenvalue weighted by atomic mass is 16.5. The van der Waals surface area contributed by atoms with E-state index in [1.54, 1.807) is 6.08 Å². The number of rotatable bonds is 4. The monoisotopic (exact) mass is 287 g/mol. The third kappa shape index (κ3) is 3.17. The lowest BCUT2D eigenvalue weighted by atomic mass is 9.89. The first-order valence-electron chi connectivity index (χ1n) is 7.76. The number of carbonyl (C=O) groups excluding carboxylic acids is 1. The van der Waals surface area contributed by atoms with Crippen LogP contribution in [0, 0.1) is 0 Å². The van der Waals surface area contributed by atoms with E-state index >= 15 is 0 Å². The fraction of sp³-hybridized carbons (Fsp3) is 0.588. The Kier molecular flexibility index (Phi) is 4.37. The number of hydrogen-bond acceptors (Lipinski definition) is 4. The Morgan fingerprint density at radius 3 is 2.43 bits per heavy atom. The molecule has 112 valence electrons. The number of aliphatic imine (C=N–C) groups is 1. The summed E-state index contributed by atoms with van der Waals surface area (Å²) in [5.41, 5.74) is 0.751. The number of benzene rings is 1. The lowest BCUT2D eigenvalue weighted by Gasteiger charge is -2.25. The molecule has 0 amide bonds. The molecule has 3 rings (SSSR count). The summed E-state index contributed by atoms with van der Waals surface area (Å²) in [5.74, 6) is 0.883. The molecule has 0 atom stereocenters. The van der Waals surface area contributed by atoms with Crippen LogP contribution in [0.3, 0.4) is 0 Å². The first kappa shape index (κ1) is 14.3. The lowest BCUT2D eigenvalue weighted by Crippen LogP contribution is -2.26. The largest absolute Gasteiger partial charge is 0.490 e. The van der Waals surface area contributed by atoms with Gasteiger partial charge in [-0.1, -0.05) is 25.0 Å². The van der Waals surface area contributed by atoms with Crippen LogP contribution in [-0.2, 0) is 15.1 Å². The molecule has 4 nitrogen and oxygen atoms in total. The fourth-order valence-electron chi connectivity index (χ4n) is 3.34. The van der Waals surface area contributed by atoms with E-state index < -0.39 is 0 Å². The van der Waals surface area contributed by atoms with Gasteiger partial charge in [-0.05, 0) is 30.5 Å². The number of hydrogen-bond donors (Lipinski definition) is 0. The minimum Gasteiger partial charge on any atom is -0.490 e. The van der Waals surface area contributed by atoms with Crippen molar-refractivity contribution >= 4 is 6.08 Å². The van der Waals surface area contributed by atoms with Crippen LogP contribution in [-0.4, -0.2) is 25.4 Å². The molecule has 21 heavy (non-hydrogen) atoms. The number of ether oxygens (including phenoxy) is 2. The van der Waals surface area contributed by atoms with Crippen molar-refractivity contribution in [1.82, 2.24) is 0 Å². The summed E-state index contributed by atoms with van der Waals surface area (Å²) in [5, 5.41) is 0. The number of isocyanates is 1. The van der Waals surface area contributed by atoms with E-state index in [0.29, 0.717) is 0 Å². The van der Waals surface area contributed by atoms with Crippen molar-refractivity contribution < 1.29 is 14.3 Å². The fourth-order valence-corrected chi connectivity index (χ4v) is 3.34. The second-order valence-corrected chi connectivity index (χ2v) is 5.90. The summed E-state index contributed by atoms with van der Waals surface area (Å²) in [7, 11) is 0. The lowest BCUT2D eigenvalue weighted by molar-refractivity contribution is 0.0255. The smallest absolute Gasteiger partial charge is 0.235 e. The van der Waals surface area contributed by atoms with Crippen molar-refractivity contribution in [1.29, 1.82) is 0 Å². The first-order valence-corrected chi connectivity index (χ1v) is 7.76. The van der Waals surface area contributed by atoms with Crippen LogP contribution in [0.1, 0.15) is 44.1 Å². The Bertz CT molecular complexity index is 507. The molecule has 1 saturated heterocycles. The van der Waals surface area contributed by atoms with Crippen LogP contribution in [0.2, 0.25) is 0 Å². The quantitative estimate of drug-likeness (QED) is 0.630. The van der Waals surface area contributed by atoms with Crippen LogP contribution < -0.4 is 4.74 Å². The van der Waals surface area contributed by atoms with Crippen LogP contribution in [0.4, 0.5) is 0 Å². The molecule has 1 aromatic carbocycles. The topological polar surface area (TPSA) is 47.9 Å². The summed E-state index contributed by atoms with van der Waals surface area (Å²) < 4.78 is 11.3. The second kappa shape index (κ2) is 6.42. The van der Waals surface area contributed by atoms with Crippen molar-refractivity contribution in [3.8, 4) is 5.75 Å². The van der Waals surface area contributed by atoms with Gasteiger partial charge in [-0.25, -0.2) is 4.79 Å². The molecule has 0 N–H and O–H groups in total. The van der Waals surface area contributed by atoms with Gasteiger partial charge in [-0.15, -0.1) is 0 Å². The first-order chi connectivity index (χ1) is 10.3. The van der Waals surface area contributed by atoms with Gasteiger partial charge >= 0.3 is 0 Å². The molecule has 1 aliphatic heterocycles. The van der Waals surface area contributed by atoms with Gasteiger partial charge in [0.25, 0.3) is 0 Å². The maximum absolute atomic E-state index is 10.7. The second-order valence-electron chi connectivity index (χ2n) is 5.90. The highest BCUT2D eigenvalue weighted by Crippen LogP contribution is 2.42. The van der Waals surface area contributed by atoms with Crippen molar-refractivity contribution in [2.45, 2.75) is 50.2 Å². The van der Waals surface area contributed by atoms with Crippen molar-refractivity contribution in [3.05, 3.63) is 29.8 Å². The predicted octanol–water partition coefficient (Wildman–Crippen LogP) is 3.35. The molecule has 4 heteroatoms. The zero-order valence-electron chi connectivity index (χ0n) is 12.2. The molecular formula is C17H21NO3. The zero-order valence-corrected chi connectivity index (χ0v) is 12.2. The van der Waals surface area contributed by atoms with Gasteiger partial charge in [0.05, 0.1) is 18.8 Å². The summed E-state index contributed by atoms with van der Waals surface area (Å²) >= 11 is 0. The Labute approximate surface area is 125 Å². The van der Waals surface area contributed by atoms with Gasteiger partial charge in [-0.3, -0.25) is 0 Å². The SMILES string of the molecule is O=C=NC1(c2ccc(OC3CCOCC3)cc2)CCCC1. The predicted molar refractivity (Wildman–Crippen MR) is 79.2 cm³/mol. The molecule has 0 radical (unpaired) electrons. The summed E-state index contributed by atoms with van der Waals surface area (Å²) in [6, 6.07) is 8.07. The average Bonchev–Trinajstić information content (AvgIpc) is 2.99. The van der Waals surface area contributed by atoms with Gasteiger partial charge < -0.3 is 9.47 Å². The summed E-state index contributed by atoms with van der Waals surface area (Å²) in [4.78, 5) is 14.8. The maximum atomic E-state index is 10.7. The molecule has 0 spiro atoms. The highest BCUT2D eigenvalue weighted by Gasteiger charge is 2.35. The molecule has 1 saturated carbocycles. The molecule has 0 bridgehead atoms. The maximum Gasteiger partial charge on any atom is 0.235 e. The van der Waals surface area contributed by atoms with Crippen molar-refractivity contribution in [2.24, 2.45) is 4.99 Å². The van der Waals surface area contributed by atoms with E-state index in [4.69, 9.17) is 9.47 Å². The summed E-state index contributed by atoms with van der Waals surface area (Å²) in [6.45, 7) is 1.56. The highest BCUT2D eigenvalue weighted by molar-refractivity contribution is 5.40. The van der Waals surface area contributed by atoms with E-state index in [0.717, 1.165) is 63.1 Å². The molecule has 2 fully saturated rings. The van der Waals surface area contributed by atoms with E-state index in [1.165, 1.54) is 0 Å². The summed E-state index contributed by atoms with van der Waals surface area (Å²) in [6.07, 6.45) is 8.00. The normalized spacial score (nSPS) is 21.7. The molecule has 2 aliphatic rings. The van der Waals surface area contributed by atoms with Gasteiger partial charge in [0, 0.05) is 12.8 Å². The molecule has 1 aromatic rings.